The molecule has 0 aliphatic carbocycles. The topological polar surface area (TPSA) is 62.8 Å². The molecule has 0 bridgehead atoms. The third kappa shape index (κ3) is 7.03. The Morgan fingerprint density at radius 2 is 1.77 bits per heavy atom. The number of fused-ring (bicyclic) bond motifs is 1. The summed E-state index contributed by atoms with van der Waals surface area (Å²) in [7, 11) is 0. The van der Waals surface area contributed by atoms with Crippen LogP contribution in [0.4, 0.5) is 13.2 Å². The van der Waals surface area contributed by atoms with E-state index >= 15 is 0 Å². The lowest BCUT2D eigenvalue weighted by atomic mass is 10.1. The van der Waals surface area contributed by atoms with Crippen molar-refractivity contribution in [2.45, 2.75) is 44.2 Å². The van der Waals surface area contributed by atoms with Crippen LogP contribution in [0.5, 0.6) is 11.5 Å². The van der Waals surface area contributed by atoms with Crippen molar-refractivity contribution in [3.05, 3.63) is 94.0 Å². The van der Waals surface area contributed by atoms with Crippen molar-refractivity contribution in [3.8, 4) is 11.5 Å². The number of alkyl halides is 3. The summed E-state index contributed by atoms with van der Waals surface area (Å²) in [5, 5.41) is 7.03. The van der Waals surface area contributed by atoms with Gasteiger partial charge in [0.1, 0.15) is 0 Å². The fourth-order valence-corrected chi connectivity index (χ4v) is 5.25. The van der Waals surface area contributed by atoms with Crippen molar-refractivity contribution in [1.29, 1.82) is 0 Å². The molecule has 1 amide bonds. The highest BCUT2D eigenvalue weighted by Gasteiger charge is 2.36. The van der Waals surface area contributed by atoms with E-state index in [9.17, 15) is 18.0 Å². The third-order valence-electron chi connectivity index (χ3n) is 6.98. The fourth-order valence-electron chi connectivity index (χ4n) is 5.03. The number of benzene rings is 3. The molecule has 0 unspecified atom stereocenters. The average Bonchev–Trinajstić information content (AvgIpc) is 3.54. The Hall–Kier alpha value is -3.27. The van der Waals surface area contributed by atoms with Gasteiger partial charge in [-0.1, -0.05) is 48.0 Å². The number of carbonyl (C=O) groups excluding carboxylic acids is 1. The molecule has 5 rings (SSSR count). The number of carbonyl (C=O) groups is 1. The van der Waals surface area contributed by atoms with E-state index in [-0.39, 0.29) is 31.3 Å². The summed E-state index contributed by atoms with van der Waals surface area (Å²) in [6, 6.07) is 18.1. The minimum atomic E-state index is -4.39. The second-order valence-corrected chi connectivity index (χ2v) is 10.3. The predicted molar refractivity (Wildman–Crippen MR) is 142 cm³/mol. The molecule has 0 saturated carbocycles. The first-order valence-electron chi connectivity index (χ1n) is 12.8. The highest BCUT2D eigenvalue weighted by atomic mass is 35.5. The molecule has 0 aromatic heterocycles. The van der Waals surface area contributed by atoms with Gasteiger partial charge in [-0.05, 0) is 59.9 Å². The second-order valence-electron chi connectivity index (χ2n) is 9.82. The van der Waals surface area contributed by atoms with Gasteiger partial charge in [-0.2, -0.15) is 13.2 Å². The summed E-state index contributed by atoms with van der Waals surface area (Å²) < 4.78 is 50.1. The zero-order chi connectivity index (χ0) is 27.4. The molecule has 3 aromatic carbocycles. The standard InChI is InChI=1S/C29H29ClF3N3O3/c30-23-6-2-4-21(12-23)16-36-17-24(35-15-20-3-1-5-22(11-20)29(31,32)33)14-25(36)28(37)34-10-9-19-7-8-26-27(13-19)39-18-38-26/h1-8,11-13,24-25,35H,9-10,14-18H2,(H,34,37)/t24-,25+/m1/s1. The van der Waals surface area contributed by atoms with Gasteiger partial charge in [-0.15, -0.1) is 0 Å². The molecule has 0 spiro atoms. The summed E-state index contributed by atoms with van der Waals surface area (Å²) in [4.78, 5) is 15.4. The van der Waals surface area contributed by atoms with Crippen LogP contribution in [0.3, 0.4) is 0 Å². The molecule has 6 nitrogen and oxygen atoms in total. The van der Waals surface area contributed by atoms with Gasteiger partial charge in [0.15, 0.2) is 11.5 Å². The van der Waals surface area contributed by atoms with Crippen LogP contribution in [0.2, 0.25) is 5.02 Å². The molecule has 2 heterocycles. The average molecular weight is 560 g/mol. The van der Waals surface area contributed by atoms with Crippen molar-refractivity contribution in [3.63, 3.8) is 0 Å². The number of amides is 1. The Labute approximate surface area is 230 Å². The number of hydrogen-bond donors (Lipinski definition) is 2. The van der Waals surface area contributed by atoms with Crippen LogP contribution in [0.1, 0.15) is 28.7 Å². The van der Waals surface area contributed by atoms with E-state index < -0.39 is 11.7 Å². The number of hydrogen-bond acceptors (Lipinski definition) is 5. The minimum Gasteiger partial charge on any atom is -0.454 e. The molecule has 3 aromatic rings. The van der Waals surface area contributed by atoms with Crippen LogP contribution in [-0.4, -0.2) is 42.8 Å². The molecule has 10 heteroatoms. The van der Waals surface area contributed by atoms with E-state index in [4.69, 9.17) is 21.1 Å². The highest BCUT2D eigenvalue weighted by molar-refractivity contribution is 6.30. The minimum absolute atomic E-state index is 0.0664. The molecule has 2 aliphatic rings. The zero-order valence-corrected chi connectivity index (χ0v) is 21.9. The molecule has 1 fully saturated rings. The Bertz CT molecular complexity index is 1320. The van der Waals surface area contributed by atoms with Crippen molar-refractivity contribution in [2.24, 2.45) is 0 Å². The Morgan fingerprint density at radius 1 is 0.974 bits per heavy atom. The Balaban J connectivity index is 1.21. The molecule has 39 heavy (non-hydrogen) atoms. The molecular formula is C29H29ClF3N3O3. The first-order valence-corrected chi connectivity index (χ1v) is 13.2. The fraction of sp³-hybridized carbons (Fsp3) is 0.345. The first-order chi connectivity index (χ1) is 18.7. The van der Waals surface area contributed by atoms with E-state index in [1.807, 2.05) is 36.4 Å². The number of halogens is 4. The van der Waals surface area contributed by atoms with E-state index in [0.717, 1.165) is 23.3 Å². The maximum atomic E-state index is 13.3. The lowest BCUT2D eigenvalue weighted by Crippen LogP contribution is -2.43. The van der Waals surface area contributed by atoms with Crippen molar-refractivity contribution < 1.29 is 27.4 Å². The molecule has 2 aliphatic heterocycles. The van der Waals surface area contributed by atoms with Gasteiger partial charge in [0.05, 0.1) is 11.6 Å². The maximum absolute atomic E-state index is 13.3. The van der Waals surface area contributed by atoms with E-state index in [1.54, 1.807) is 12.1 Å². The maximum Gasteiger partial charge on any atom is 0.416 e. The quantitative estimate of drug-likeness (QED) is 0.378. The Morgan fingerprint density at radius 3 is 2.59 bits per heavy atom. The SMILES string of the molecule is O=C(NCCc1ccc2c(c1)OCO2)[C@@H]1C[C@@H](NCc2cccc(C(F)(F)F)c2)CN1Cc1cccc(Cl)c1. The summed E-state index contributed by atoms with van der Waals surface area (Å²) in [5.74, 6) is 1.34. The molecular weight excluding hydrogens is 531 g/mol. The molecule has 206 valence electrons. The van der Waals surface area contributed by atoms with Gasteiger partial charge in [-0.3, -0.25) is 9.69 Å². The third-order valence-corrected chi connectivity index (χ3v) is 7.21. The first kappa shape index (κ1) is 27.3. The second kappa shape index (κ2) is 11.9. The Kier molecular flexibility index (Phi) is 8.30. The van der Waals surface area contributed by atoms with Crippen LogP contribution < -0.4 is 20.1 Å². The molecule has 2 atom stereocenters. The van der Waals surface area contributed by atoms with Crippen molar-refractivity contribution >= 4 is 17.5 Å². The van der Waals surface area contributed by atoms with Gasteiger partial charge in [-0.25, -0.2) is 0 Å². The van der Waals surface area contributed by atoms with Gasteiger partial charge in [0.2, 0.25) is 12.7 Å². The van der Waals surface area contributed by atoms with E-state index in [0.29, 0.717) is 54.6 Å². The van der Waals surface area contributed by atoms with Crippen molar-refractivity contribution in [2.75, 3.05) is 19.9 Å². The normalized spacial score (nSPS) is 18.9. The van der Waals surface area contributed by atoms with Crippen LogP contribution in [0.15, 0.2) is 66.7 Å². The highest BCUT2D eigenvalue weighted by Crippen LogP contribution is 2.33. The summed E-state index contributed by atoms with van der Waals surface area (Å²) in [6.45, 7) is 2.05. The van der Waals surface area contributed by atoms with Crippen LogP contribution >= 0.6 is 11.6 Å². The van der Waals surface area contributed by atoms with Gasteiger partial charge in [0.25, 0.3) is 0 Å². The molecule has 1 saturated heterocycles. The van der Waals surface area contributed by atoms with Crippen LogP contribution in [0, 0.1) is 0 Å². The summed E-state index contributed by atoms with van der Waals surface area (Å²) in [5.41, 5.74) is 1.89. The largest absolute Gasteiger partial charge is 0.454 e. The number of likely N-dealkylation sites (tertiary alicyclic amines) is 1. The molecule has 2 N–H and O–H groups in total. The van der Waals surface area contributed by atoms with Crippen LogP contribution in [-0.2, 0) is 30.5 Å². The van der Waals surface area contributed by atoms with Gasteiger partial charge in [0, 0.05) is 37.2 Å². The van der Waals surface area contributed by atoms with E-state index in [1.165, 1.54) is 6.07 Å². The number of rotatable bonds is 9. The smallest absolute Gasteiger partial charge is 0.416 e. The summed E-state index contributed by atoms with van der Waals surface area (Å²) in [6.07, 6.45) is -3.21. The van der Waals surface area contributed by atoms with Crippen molar-refractivity contribution in [1.82, 2.24) is 15.5 Å². The lowest BCUT2D eigenvalue weighted by Gasteiger charge is -2.23. The lowest BCUT2D eigenvalue weighted by molar-refractivity contribution is -0.137. The van der Waals surface area contributed by atoms with Gasteiger partial charge < -0.3 is 20.1 Å². The number of nitrogens with one attached hydrogen (secondary N) is 2. The monoisotopic (exact) mass is 559 g/mol. The number of nitrogens with zero attached hydrogens (tertiary/aromatic N) is 1. The van der Waals surface area contributed by atoms with E-state index in [2.05, 4.69) is 15.5 Å². The molecule has 0 radical (unpaired) electrons. The van der Waals surface area contributed by atoms with Crippen LogP contribution in [0.25, 0.3) is 0 Å². The number of ether oxygens (including phenoxy) is 2. The zero-order valence-electron chi connectivity index (χ0n) is 21.1. The summed E-state index contributed by atoms with van der Waals surface area (Å²) >= 11 is 6.18. The predicted octanol–water partition coefficient (Wildman–Crippen LogP) is 5.18. The van der Waals surface area contributed by atoms with Gasteiger partial charge >= 0.3 is 6.18 Å².